The molecule has 160 valence electrons. The second-order valence-corrected chi connectivity index (χ2v) is 6.19. The Hall–Kier alpha value is -2.36. The van der Waals surface area contributed by atoms with E-state index in [0.29, 0.717) is 29.8 Å². The molecule has 0 spiro atoms. The highest BCUT2D eigenvalue weighted by Gasteiger charge is 2.14. The number of hydrogen-bond donors (Lipinski definition) is 2. The van der Waals surface area contributed by atoms with Crippen LogP contribution in [0, 0.1) is 6.92 Å². The number of para-hydroxylation sites is 1. The molecule has 2 rings (SSSR count). The van der Waals surface area contributed by atoms with E-state index in [4.69, 9.17) is 18.9 Å². The molecular formula is C21H30IN3O4. The molecule has 0 amide bonds. The van der Waals surface area contributed by atoms with Gasteiger partial charge in [0.05, 0.1) is 27.9 Å². The van der Waals surface area contributed by atoms with E-state index in [1.54, 1.807) is 28.4 Å². The number of ether oxygens (including phenoxy) is 4. The fourth-order valence-corrected chi connectivity index (χ4v) is 2.66. The molecule has 2 N–H and O–H groups in total. The zero-order valence-electron chi connectivity index (χ0n) is 17.7. The second kappa shape index (κ2) is 12.3. The maximum absolute atomic E-state index is 5.99. The number of rotatable bonds is 8. The SMILES string of the molecule is CN=C(NCC(C)Oc1ccccc1C)Nc1cc(OC)c(OC)c(OC)c1.I. The van der Waals surface area contributed by atoms with Crippen LogP contribution in [-0.2, 0) is 0 Å². The van der Waals surface area contributed by atoms with Crippen molar-refractivity contribution in [3.05, 3.63) is 42.0 Å². The average Bonchev–Trinajstić information content (AvgIpc) is 2.71. The maximum Gasteiger partial charge on any atom is 0.203 e. The predicted molar refractivity (Wildman–Crippen MR) is 128 cm³/mol. The Morgan fingerprint density at radius 1 is 1.00 bits per heavy atom. The van der Waals surface area contributed by atoms with Gasteiger partial charge in [0, 0.05) is 24.9 Å². The number of halogens is 1. The summed E-state index contributed by atoms with van der Waals surface area (Å²) >= 11 is 0. The summed E-state index contributed by atoms with van der Waals surface area (Å²) in [4.78, 5) is 4.26. The number of methoxy groups -OCH3 is 3. The molecule has 0 bridgehead atoms. The molecule has 0 aromatic heterocycles. The van der Waals surface area contributed by atoms with Gasteiger partial charge in [-0.3, -0.25) is 4.99 Å². The van der Waals surface area contributed by atoms with Gasteiger partial charge in [0.1, 0.15) is 11.9 Å². The lowest BCUT2D eigenvalue weighted by molar-refractivity contribution is 0.223. The number of aryl methyl sites for hydroxylation is 1. The zero-order chi connectivity index (χ0) is 20.5. The Balaban J connectivity index is 0.00000420. The quantitative estimate of drug-likeness (QED) is 0.314. The van der Waals surface area contributed by atoms with Crippen LogP contribution in [-0.4, -0.2) is 47.0 Å². The molecule has 0 aliphatic rings. The fraction of sp³-hybridized carbons (Fsp3) is 0.381. The number of nitrogens with one attached hydrogen (secondary N) is 2. The monoisotopic (exact) mass is 515 g/mol. The molecule has 0 saturated heterocycles. The van der Waals surface area contributed by atoms with Crippen LogP contribution >= 0.6 is 24.0 Å². The summed E-state index contributed by atoms with van der Waals surface area (Å²) in [6, 6.07) is 11.6. The van der Waals surface area contributed by atoms with E-state index in [2.05, 4.69) is 15.6 Å². The van der Waals surface area contributed by atoms with E-state index >= 15 is 0 Å². The zero-order valence-corrected chi connectivity index (χ0v) is 20.1. The van der Waals surface area contributed by atoms with Crippen LogP contribution in [0.25, 0.3) is 0 Å². The lowest BCUT2D eigenvalue weighted by Crippen LogP contribution is -2.37. The molecule has 1 atom stereocenters. The van der Waals surface area contributed by atoms with Gasteiger partial charge in [-0.2, -0.15) is 0 Å². The Morgan fingerprint density at radius 3 is 2.14 bits per heavy atom. The first-order valence-electron chi connectivity index (χ1n) is 9.02. The lowest BCUT2D eigenvalue weighted by atomic mass is 10.2. The van der Waals surface area contributed by atoms with Gasteiger partial charge < -0.3 is 29.6 Å². The van der Waals surface area contributed by atoms with Gasteiger partial charge in [-0.25, -0.2) is 0 Å². The normalized spacial score (nSPS) is 11.7. The highest BCUT2D eigenvalue weighted by molar-refractivity contribution is 14.0. The molecule has 7 nitrogen and oxygen atoms in total. The summed E-state index contributed by atoms with van der Waals surface area (Å²) in [6.45, 7) is 4.62. The molecule has 8 heteroatoms. The van der Waals surface area contributed by atoms with Crippen LogP contribution < -0.4 is 29.6 Å². The summed E-state index contributed by atoms with van der Waals surface area (Å²) in [5.41, 5.74) is 1.87. The summed E-state index contributed by atoms with van der Waals surface area (Å²) in [6.07, 6.45) is -0.0420. The van der Waals surface area contributed by atoms with Crippen LogP contribution in [0.1, 0.15) is 12.5 Å². The van der Waals surface area contributed by atoms with Gasteiger partial charge in [0.25, 0.3) is 0 Å². The Kier molecular flexibility index (Phi) is 10.4. The predicted octanol–water partition coefficient (Wildman–Crippen LogP) is 4.09. The lowest BCUT2D eigenvalue weighted by Gasteiger charge is -2.19. The van der Waals surface area contributed by atoms with Crippen molar-refractivity contribution in [3.63, 3.8) is 0 Å². The molecule has 29 heavy (non-hydrogen) atoms. The smallest absolute Gasteiger partial charge is 0.203 e. The van der Waals surface area contributed by atoms with Crippen molar-refractivity contribution in [2.75, 3.05) is 40.2 Å². The first-order valence-corrected chi connectivity index (χ1v) is 9.02. The molecule has 0 aliphatic heterocycles. The van der Waals surface area contributed by atoms with Crippen molar-refractivity contribution in [1.29, 1.82) is 0 Å². The van der Waals surface area contributed by atoms with Crippen LogP contribution in [0.3, 0.4) is 0 Å². The molecule has 2 aromatic carbocycles. The topological polar surface area (TPSA) is 73.3 Å². The number of benzene rings is 2. The molecular weight excluding hydrogens is 485 g/mol. The highest BCUT2D eigenvalue weighted by atomic mass is 127. The van der Waals surface area contributed by atoms with E-state index in [-0.39, 0.29) is 30.1 Å². The van der Waals surface area contributed by atoms with Crippen LogP contribution in [0.15, 0.2) is 41.4 Å². The standard InChI is InChI=1S/C21H29N3O4.HI/c1-14-9-7-8-10-17(14)28-15(2)13-23-21(22-3)24-16-11-18(25-4)20(27-6)19(12-16)26-5;/h7-12,15H,13H2,1-6H3,(H2,22,23,24);1H. The maximum atomic E-state index is 5.99. The third-order valence-electron chi connectivity index (χ3n) is 4.13. The van der Waals surface area contributed by atoms with E-state index < -0.39 is 0 Å². The molecule has 0 aliphatic carbocycles. The van der Waals surface area contributed by atoms with Gasteiger partial charge >= 0.3 is 0 Å². The van der Waals surface area contributed by atoms with Crippen molar-refractivity contribution >= 4 is 35.6 Å². The first-order chi connectivity index (χ1) is 13.5. The van der Waals surface area contributed by atoms with E-state index in [0.717, 1.165) is 17.0 Å². The number of hydrogen-bond acceptors (Lipinski definition) is 5. The molecule has 1 unspecified atom stereocenters. The highest BCUT2D eigenvalue weighted by Crippen LogP contribution is 2.39. The van der Waals surface area contributed by atoms with Gasteiger partial charge in [-0.05, 0) is 25.5 Å². The third-order valence-corrected chi connectivity index (χ3v) is 4.13. The van der Waals surface area contributed by atoms with Crippen LogP contribution in [0.2, 0.25) is 0 Å². The average molecular weight is 515 g/mol. The summed E-state index contributed by atoms with van der Waals surface area (Å²) < 4.78 is 22.1. The van der Waals surface area contributed by atoms with Gasteiger partial charge in [-0.15, -0.1) is 24.0 Å². The van der Waals surface area contributed by atoms with Crippen molar-refractivity contribution < 1.29 is 18.9 Å². The van der Waals surface area contributed by atoms with Crippen LogP contribution in [0.5, 0.6) is 23.0 Å². The van der Waals surface area contributed by atoms with Crippen LogP contribution in [0.4, 0.5) is 5.69 Å². The molecule has 0 radical (unpaired) electrons. The van der Waals surface area contributed by atoms with E-state index in [1.807, 2.05) is 50.2 Å². The summed E-state index contributed by atoms with van der Waals surface area (Å²) in [5, 5.41) is 6.49. The Labute approximate surface area is 189 Å². The minimum Gasteiger partial charge on any atom is -0.493 e. The largest absolute Gasteiger partial charge is 0.493 e. The first kappa shape index (κ1) is 24.7. The minimum atomic E-state index is -0.0420. The van der Waals surface area contributed by atoms with Crippen molar-refractivity contribution in [2.45, 2.75) is 20.0 Å². The third kappa shape index (κ3) is 6.88. The fourth-order valence-electron chi connectivity index (χ4n) is 2.66. The summed E-state index contributed by atoms with van der Waals surface area (Å²) in [7, 11) is 6.45. The van der Waals surface area contributed by atoms with E-state index in [1.165, 1.54) is 0 Å². The molecule has 0 heterocycles. The number of aliphatic imine (C=N–C) groups is 1. The second-order valence-electron chi connectivity index (χ2n) is 6.19. The molecule has 0 fully saturated rings. The number of nitrogens with zero attached hydrogens (tertiary/aromatic N) is 1. The molecule has 2 aromatic rings. The number of guanidine groups is 1. The van der Waals surface area contributed by atoms with Crippen molar-refractivity contribution in [3.8, 4) is 23.0 Å². The Bertz CT molecular complexity index is 789. The van der Waals surface area contributed by atoms with Gasteiger partial charge in [-0.1, -0.05) is 18.2 Å². The van der Waals surface area contributed by atoms with Gasteiger partial charge in [0.2, 0.25) is 5.75 Å². The summed E-state index contributed by atoms with van der Waals surface area (Å²) in [5.74, 6) is 3.16. The van der Waals surface area contributed by atoms with Gasteiger partial charge in [0.15, 0.2) is 17.5 Å². The molecule has 0 saturated carbocycles. The minimum absolute atomic E-state index is 0. The van der Waals surface area contributed by atoms with Crippen molar-refractivity contribution in [2.24, 2.45) is 4.99 Å². The Morgan fingerprint density at radius 2 is 1.62 bits per heavy atom. The number of anilines is 1. The van der Waals surface area contributed by atoms with Crippen molar-refractivity contribution in [1.82, 2.24) is 5.32 Å². The van der Waals surface area contributed by atoms with E-state index in [9.17, 15) is 0 Å².